The summed E-state index contributed by atoms with van der Waals surface area (Å²) in [5.74, 6) is 0.641. The van der Waals surface area contributed by atoms with E-state index in [-0.39, 0.29) is 24.6 Å². The van der Waals surface area contributed by atoms with E-state index in [0.29, 0.717) is 12.3 Å². The van der Waals surface area contributed by atoms with Crippen LogP contribution in [0.1, 0.15) is 40.5 Å². The molecule has 0 aromatic heterocycles. The van der Waals surface area contributed by atoms with Crippen molar-refractivity contribution < 1.29 is 9.90 Å². The fraction of sp³-hybridized carbons (Fsp3) is 0.917. The summed E-state index contributed by atoms with van der Waals surface area (Å²) in [5.41, 5.74) is 0. The number of aliphatic hydroxyl groups is 1. The minimum atomic E-state index is -0.200. The van der Waals surface area contributed by atoms with Crippen LogP contribution in [-0.2, 0) is 4.79 Å². The molecule has 0 aromatic rings. The molecule has 0 radical (unpaired) electrons. The lowest BCUT2D eigenvalue weighted by atomic mass is 10.1. The van der Waals surface area contributed by atoms with Crippen LogP contribution in [-0.4, -0.2) is 36.2 Å². The normalized spacial score (nSPS) is 14.9. The summed E-state index contributed by atoms with van der Waals surface area (Å²) in [6.07, 6.45) is 1.67. The van der Waals surface area contributed by atoms with Crippen LogP contribution in [0.25, 0.3) is 0 Å². The summed E-state index contributed by atoms with van der Waals surface area (Å²) < 4.78 is 0. The van der Waals surface area contributed by atoms with E-state index >= 15 is 0 Å². The van der Waals surface area contributed by atoms with Crippen LogP contribution in [0.3, 0.4) is 0 Å². The van der Waals surface area contributed by atoms with Gasteiger partial charge >= 0.3 is 0 Å². The van der Waals surface area contributed by atoms with E-state index in [4.69, 9.17) is 5.11 Å². The predicted octanol–water partition coefficient (Wildman–Crippen LogP) is 0.898. The van der Waals surface area contributed by atoms with Gasteiger partial charge in [0.15, 0.2) is 0 Å². The van der Waals surface area contributed by atoms with Crippen molar-refractivity contribution in [2.75, 3.05) is 13.2 Å². The molecule has 4 heteroatoms. The highest BCUT2D eigenvalue weighted by molar-refractivity contribution is 5.81. The van der Waals surface area contributed by atoms with Crippen molar-refractivity contribution in [3.05, 3.63) is 0 Å². The zero-order chi connectivity index (χ0) is 12.6. The predicted molar refractivity (Wildman–Crippen MR) is 66.2 cm³/mol. The number of hydrogen-bond acceptors (Lipinski definition) is 3. The van der Waals surface area contributed by atoms with E-state index in [2.05, 4.69) is 24.5 Å². The maximum Gasteiger partial charge on any atom is 0.236 e. The lowest BCUT2D eigenvalue weighted by Gasteiger charge is -2.19. The smallest absolute Gasteiger partial charge is 0.236 e. The highest BCUT2D eigenvalue weighted by Gasteiger charge is 2.14. The van der Waals surface area contributed by atoms with Gasteiger partial charge in [0.2, 0.25) is 5.91 Å². The lowest BCUT2D eigenvalue weighted by molar-refractivity contribution is -0.123. The van der Waals surface area contributed by atoms with Crippen LogP contribution in [0.15, 0.2) is 0 Å². The summed E-state index contributed by atoms with van der Waals surface area (Å²) in [7, 11) is 0. The second kappa shape index (κ2) is 8.53. The Hall–Kier alpha value is -0.610. The molecule has 0 saturated carbocycles. The van der Waals surface area contributed by atoms with Crippen molar-refractivity contribution in [2.45, 2.75) is 52.6 Å². The number of amides is 1. The van der Waals surface area contributed by atoms with Gasteiger partial charge in [-0.2, -0.15) is 0 Å². The van der Waals surface area contributed by atoms with E-state index in [1.54, 1.807) is 0 Å². The molecule has 0 rings (SSSR count). The fourth-order valence-corrected chi connectivity index (χ4v) is 1.42. The van der Waals surface area contributed by atoms with Gasteiger partial charge in [-0.15, -0.1) is 0 Å². The van der Waals surface area contributed by atoms with Crippen molar-refractivity contribution in [1.29, 1.82) is 0 Å². The number of aliphatic hydroxyl groups excluding tert-OH is 1. The molecule has 0 bridgehead atoms. The molecule has 4 nitrogen and oxygen atoms in total. The Balaban J connectivity index is 3.72. The monoisotopic (exact) mass is 230 g/mol. The molecule has 0 spiro atoms. The molecule has 0 aliphatic rings. The lowest BCUT2D eigenvalue weighted by Crippen LogP contribution is -2.46. The van der Waals surface area contributed by atoms with Crippen molar-refractivity contribution in [2.24, 2.45) is 5.92 Å². The standard InChI is InChI=1S/C12H26N2O2/c1-9(2)5-7-13-12(16)11(4)14-10(3)6-8-15/h9-11,14-15H,5-8H2,1-4H3,(H,13,16). The molecule has 0 aliphatic heterocycles. The van der Waals surface area contributed by atoms with Gasteiger partial charge in [0.1, 0.15) is 0 Å². The molecule has 96 valence electrons. The molecular weight excluding hydrogens is 204 g/mol. The van der Waals surface area contributed by atoms with Gasteiger partial charge in [0.05, 0.1) is 6.04 Å². The van der Waals surface area contributed by atoms with Gasteiger partial charge in [0.25, 0.3) is 0 Å². The van der Waals surface area contributed by atoms with E-state index < -0.39 is 0 Å². The molecule has 1 amide bonds. The summed E-state index contributed by atoms with van der Waals surface area (Å²) in [6.45, 7) is 8.97. The summed E-state index contributed by atoms with van der Waals surface area (Å²) in [4.78, 5) is 11.6. The van der Waals surface area contributed by atoms with Gasteiger partial charge in [-0.1, -0.05) is 13.8 Å². The van der Waals surface area contributed by atoms with Gasteiger partial charge < -0.3 is 15.7 Å². The molecule has 3 N–H and O–H groups in total. The Morgan fingerprint density at radius 3 is 2.31 bits per heavy atom. The molecule has 0 fully saturated rings. The topological polar surface area (TPSA) is 61.4 Å². The molecule has 0 saturated heterocycles. The van der Waals surface area contributed by atoms with E-state index in [1.165, 1.54) is 0 Å². The van der Waals surface area contributed by atoms with Crippen LogP contribution >= 0.6 is 0 Å². The summed E-state index contributed by atoms with van der Waals surface area (Å²) in [5, 5.41) is 14.8. The molecule has 2 atom stereocenters. The van der Waals surface area contributed by atoms with Crippen LogP contribution in [0.4, 0.5) is 0 Å². The maximum absolute atomic E-state index is 11.6. The first-order chi connectivity index (χ1) is 7.47. The largest absolute Gasteiger partial charge is 0.396 e. The van der Waals surface area contributed by atoms with E-state index in [9.17, 15) is 4.79 Å². The third kappa shape index (κ3) is 7.65. The maximum atomic E-state index is 11.6. The average Bonchev–Trinajstić information content (AvgIpc) is 2.17. The van der Waals surface area contributed by atoms with Crippen LogP contribution in [0.5, 0.6) is 0 Å². The molecule has 0 heterocycles. The molecular formula is C12H26N2O2. The molecule has 0 aromatic carbocycles. The fourth-order valence-electron chi connectivity index (χ4n) is 1.42. The first-order valence-electron chi connectivity index (χ1n) is 6.12. The Morgan fingerprint density at radius 1 is 1.19 bits per heavy atom. The minimum Gasteiger partial charge on any atom is -0.396 e. The Morgan fingerprint density at radius 2 is 1.81 bits per heavy atom. The minimum absolute atomic E-state index is 0.0328. The molecule has 2 unspecified atom stereocenters. The zero-order valence-electron chi connectivity index (χ0n) is 10.9. The Bertz CT molecular complexity index is 195. The Kier molecular flexibility index (Phi) is 8.21. The highest BCUT2D eigenvalue weighted by atomic mass is 16.3. The molecule has 0 aliphatic carbocycles. The number of carbonyl (C=O) groups excluding carboxylic acids is 1. The van der Waals surface area contributed by atoms with Gasteiger partial charge in [-0.3, -0.25) is 4.79 Å². The highest BCUT2D eigenvalue weighted by Crippen LogP contribution is 1.97. The van der Waals surface area contributed by atoms with E-state index in [0.717, 1.165) is 13.0 Å². The second-order valence-corrected chi connectivity index (χ2v) is 4.78. The summed E-state index contributed by atoms with van der Waals surface area (Å²) >= 11 is 0. The van der Waals surface area contributed by atoms with Crippen LogP contribution < -0.4 is 10.6 Å². The van der Waals surface area contributed by atoms with Crippen molar-refractivity contribution in [3.8, 4) is 0 Å². The van der Waals surface area contributed by atoms with Gasteiger partial charge in [-0.25, -0.2) is 0 Å². The third-order valence-electron chi connectivity index (χ3n) is 2.51. The number of carbonyl (C=O) groups is 1. The van der Waals surface area contributed by atoms with Gasteiger partial charge in [0, 0.05) is 19.2 Å². The van der Waals surface area contributed by atoms with Crippen LogP contribution in [0, 0.1) is 5.92 Å². The van der Waals surface area contributed by atoms with Crippen LogP contribution in [0.2, 0.25) is 0 Å². The first kappa shape index (κ1) is 15.4. The summed E-state index contributed by atoms with van der Waals surface area (Å²) in [6, 6.07) is -0.0374. The first-order valence-corrected chi connectivity index (χ1v) is 6.12. The average molecular weight is 230 g/mol. The van der Waals surface area contributed by atoms with E-state index in [1.807, 2.05) is 13.8 Å². The SMILES string of the molecule is CC(C)CCNC(=O)C(C)NC(C)CCO. The zero-order valence-corrected chi connectivity index (χ0v) is 10.9. The Labute approximate surface area is 98.8 Å². The third-order valence-corrected chi connectivity index (χ3v) is 2.51. The number of hydrogen-bond donors (Lipinski definition) is 3. The van der Waals surface area contributed by atoms with Crippen molar-refractivity contribution in [1.82, 2.24) is 10.6 Å². The van der Waals surface area contributed by atoms with Gasteiger partial charge in [-0.05, 0) is 32.6 Å². The number of rotatable bonds is 8. The quantitative estimate of drug-likeness (QED) is 0.580. The number of nitrogens with one attached hydrogen (secondary N) is 2. The van der Waals surface area contributed by atoms with Crippen molar-refractivity contribution in [3.63, 3.8) is 0 Å². The van der Waals surface area contributed by atoms with Crippen molar-refractivity contribution >= 4 is 5.91 Å². The molecule has 16 heavy (non-hydrogen) atoms. The second-order valence-electron chi connectivity index (χ2n) is 4.78.